The van der Waals surface area contributed by atoms with Gasteiger partial charge >= 0.3 is 0 Å². The molecule has 2 fully saturated rings. The molecule has 2 amide bonds. The van der Waals surface area contributed by atoms with Crippen LogP contribution in [0.15, 0.2) is 30.3 Å². The second-order valence-electron chi connectivity index (χ2n) is 8.27. The molecular formula is C20H25N2O4-. The largest absolute Gasteiger partial charge is 0.550 e. The lowest BCUT2D eigenvalue weighted by Crippen LogP contribution is -2.52. The molecule has 2 aliphatic carbocycles. The first-order valence-electron chi connectivity index (χ1n) is 9.04. The van der Waals surface area contributed by atoms with E-state index in [-0.39, 0.29) is 23.7 Å². The van der Waals surface area contributed by atoms with Gasteiger partial charge in [-0.25, -0.2) is 0 Å². The minimum absolute atomic E-state index is 0.136. The monoisotopic (exact) mass is 357 g/mol. The Labute approximate surface area is 153 Å². The average molecular weight is 357 g/mol. The molecular weight excluding hydrogens is 332 g/mol. The van der Waals surface area contributed by atoms with Crippen molar-refractivity contribution in [1.82, 2.24) is 10.9 Å². The number of carboxylic acid groups (broad SMARTS) is 1. The van der Waals surface area contributed by atoms with Gasteiger partial charge in [-0.2, -0.15) is 0 Å². The maximum Gasteiger partial charge on any atom is 0.242 e. The van der Waals surface area contributed by atoms with E-state index in [4.69, 9.17) is 0 Å². The van der Waals surface area contributed by atoms with Crippen LogP contribution in [0.3, 0.4) is 0 Å². The van der Waals surface area contributed by atoms with Crippen molar-refractivity contribution in [2.75, 3.05) is 0 Å². The van der Waals surface area contributed by atoms with Crippen molar-refractivity contribution < 1.29 is 19.5 Å². The lowest BCUT2D eigenvalue weighted by atomic mass is 9.65. The normalized spacial score (nSPS) is 31.9. The third kappa shape index (κ3) is 2.97. The van der Waals surface area contributed by atoms with Gasteiger partial charge in [0.25, 0.3) is 0 Å². The molecule has 0 unspecified atom stereocenters. The van der Waals surface area contributed by atoms with Crippen LogP contribution in [0.4, 0.5) is 0 Å². The lowest BCUT2D eigenvalue weighted by molar-refractivity contribution is -0.323. The fourth-order valence-corrected chi connectivity index (χ4v) is 4.18. The van der Waals surface area contributed by atoms with Crippen LogP contribution in [-0.2, 0) is 14.4 Å². The standard InChI is InChI=1S/C20H26N2O4/c1-19(2)15(9-10-20(19,3)18(25)26)17(24)22-21-16(23)14-11-13(14)12-7-5-4-6-8-12/h4-8,13-15H,9-11H2,1-3H3,(H,21,23)(H,22,24)(H,25,26)/p-1/t13-,14-,15+,20-/m1/s1. The maximum absolute atomic E-state index is 12.5. The van der Waals surface area contributed by atoms with Crippen molar-refractivity contribution in [3.05, 3.63) is 35.9 Å². The van der Waals surface area contributed by atoms with Crippen molar-refractivity contribution in [1.29, 1.82) is 0 Å². The Hall–Kier alpha value is -2.37. The van der Waals surface area contributed by atoms with Gasteiger partial charge in [-0.3, -0.25) is 20.4 Å². The summed E-state index contributed by atoms with van der Waals surface area (Å²) in [4.78, 5) is 36.3. The molecule has 0 aromatic heterocycles. The van der Waals surface area contributed by atoms with E-state index in [1.54, 1.807) is 20.8 Å². The first-order chi connectivity index (χ1) is 12.2. The zero-order valence-corrected chi connectivity index (χ0v) is 15.4. The van der Waals surface area contributed by atoms with E-state index < -0.39 is 22.7 Å². The van der Waals surface area contributed by atoms with Gasteiger partial charge in [0.1, 0.15) is 0 Å². The van der Waals surface area contributed by atoms with Crippen LogP contribution >= 0.6 is 0 Å². The quantitative estimate of drug-likeness (QED) is 0.789. The Bertz CT molecular complexity index is 731. The van der Waals surface area contributed by atoms with Crippen LogP contribution in [0, 0.1) is 22.7 Å². The lowest BCUT2D eigenvalue weighted by Gasteiger charge is -2.41. The van der Waals surface area contributed by atoms with Gasteiger partial charge in [-0.1, -0.05) is 51.1 Å². The number of carbonyl (C=O) groups excluding carboxylic acids is 3. The van der Waals surface area contributed by atoms with Gasteiger partial charge in [0, 0.05) is 23.2 Å². The Morgan fingerprint density at radius 2 is 1.65 bits per heavy atom. The number of hydrazine groups is 1. The van der Waals surface area contributed by atoms with E-state index in [1.807, 2.05) is 30.3 Å². The average Bonchev–Trinajstić information content (AvgIpc) is 3.36. The van der Waals surface area contributed by atoms with Crippen molar-refractivity contribution in [2.45, 2.75) is 46.0 Å². The Kier molecular flexibility index (Phi) is 4.54. The zero-order chi connectivity index (χ0) is 19.1. The number of carbonyl (C=O) groups is 3. The minimum atomic E-state index is -1.13. The first kappa shape index (κ1) is 18.4. The van der Waals surface area contributed by atoms with Gasteiger partial charge in [-0.05, 0) is 36.2 Å². The highest BCUT2D eigenvalue weighted by Crippen LogP contribution is 2.55. The van der Waals surface area contributed by atoms with Crippen LogP contribution < -0.4 is 16.0 Å². The van der Waals surface area contributed by atoms with E-state index in [1.165, 1.54) is 0 Å². The Balaban J connectivity index is 1.55. The molecule has 140 valence electrons. The summed E-state index contributed by atoms with van der Waals surface area (Å²) >= 11 is 0. The molecule has 0 heterocycles. The SMILES string of the molecule is CC1(C)[C@H](C(=O)NNC(=O)[C@@H]2C[C@@H]2c2ccccc2)CC[C@]1(C)C(=O)[O-]. The molecule has 0 bridgehead atoms. The summed E-state index contributed by atoms with van der Waals surface area (Å²) in [6, 6.07) is 9.82. The first-order valence-corrected chi connectivity index (χ1v) is 9.04. The summed E-state index contributed by atoms with van der Waals surface area (Å²) in [6.07, 6.45) is 1.60. The third-order valence-corrected chi connectivity index (χ3v) is 6.66. The number of benzene rings is 1. The summed E-state index contributed by atoms with van der Waals surface area (Å²) in [5, 5.41) is 11.5. The minimum Gasteiger partial charge on any atom is -0.550 e. The van der Waals surface area contributed by atoms with Crippen LogP contribution in [0.5, 0.6) is 0 Å². The van der Waals surface area contributed by atoms with Crippen LogP contribution in [-0.4, -0.2) is 17.8 Å². The topological polar surface area (TPSA) is 98.3 Å². The van der Waals surface area contributed by atoms with Crippen molar-refractivity contribution in [3.8, 4) is 0 Å². The van der Waals surface area contributed by atoms with Gasteiger partial charge in [0.15, 0.2) is 0 Å². The molecule has 26 heavy (non-hydrogen) atoms. The van der Waals surface area contributed by atoms with E-state index in [2.05, 4.69) is 10.9 Å². The number of hydrogen-bond acceptors (Lipinski definition) is 4. The van der Waals surface area contributed by atoms with Crippen LogP contribution in [0.2, 0.25) is 0 Å². The number of rotatable bonds is 4. The molecule has 0 saturated heterocycles. The molecule has 6 heteroatoms. The van der Waals surface area contributed by atoms with E-state index in [0.717, 1.165) is 12.0 Å². The van der Waals surface area contributed by atoms with Crippen molar-refractivity contribution >= 4 is 17.8 Å². The van der Waals surface area contributed by atoms with Crippen LogP contribution in [0.25, 0.3) is 0 Å². The predicted molar refractivity (Wildman–Crippen MR) is 93.2 cm³/mol. The number of carboxylic acids is 1. The number of hydrogen-bond donors (Lipinski definition) is 2. The molecule has 6 nitrogen and oxygen atoms in total. The molecule has 1 aromatic carbocycles. The number of aliphatic carboxylic acids is 1. The fraction of sp³-hybridized carbons (Fsp3) is 0.550. The van der Waals surface area contributed by atoms with E-state index >= 15 is 0 Å². The molecule has 2 saturated carbocycles. The van der Waals surface area contributed by atoms with Gasteiger partial charge in [-0.15, -0.1) is 0 Å². The molecule has 0 spiro atoms. The second kappa shape index (κ2) is 6.41. The highest BCUT2D eigenvalue weighted by atomic mass is 16.4. The molecule has 2 N–H and O–H groups in total. The van der Waals surface area contributed by atoms with E-state index in [9.17, 15) is 19.5 Å². The highest BCUT2D eigenvalue weighted by Gasteiger charge is 2.55. The van der Waals surface area contributed by atoms with Crippen LogP contribution in [0.1, 0.15) is 51.5 Å². The van der Waals surface area contributed by atoms with Crippen molar-refractivity contribution in [3.63, 3.8) is 0 Å². The maximum atomic E-state index is 12.5. The van der Waals surface area contributed by atoms with E-state index in [0.29, 0.717) is 12.8 Å². The molecule has 4 atom stereocenters. The zero-order valence-electron chi connectivity index (χ0n) is 15.4. The van der Waals surface area contributed by atoms with Gasteiger partial charge in [0.05, 0.1) is 0 Å². The molecule has 1 aromatic rings. The predicted octanol–water partition coefficient (Wildman–Crippen LogP) is 1.13. The summed E-state index contributed by atoms with van der Waals surface area (Å²) in [7, 11) is 0. The highest BCUT2D eigenvalue weighted by molar-refractivity contribution is 5.88. The van der Waals surface area contributed by atoms with Crippen molar-refractivity contribution in [2.24, 2.45) is 22.7 Å². The molecule has 0 aliphatic heterocycles. The second-order valence-corrected chi connectivity index (χ2v) is 8.27. The molecule has 2 aliphatic rings. The Morgan fingerprint density at radius 1 is 1.04 bits per heavy atom. The summed E-state index contributed by atoms with van der Waals surface area (Å²) in [6.45, 7) is 5.17. The summed E-state index contributed by atoms with van der Waals surface area (Å²) in [5.41, 5.74) is 4.32. The smallest absolute Gasteiger partial charge is 0.242 e. The van der Waals surface area contributed by atoms with Gasteiger partial charge < -0.3 is 9.90 Å². The van der Waals surface area contributed by atoms with Gasteiger partial charge in [0.2, 0.25) is 11.8 Å². The summed E-state index contributed by atoms with van der Waals surface area (Å²) < 4.78 is 0. The fourth-order valence-electron chi connectivity index (χ4n) is 4.18. The third-order valence-electron chi connectivity index (χ3n) is 6.66. The Morgan fingerprint density at radius 3 is 2.23 bits per heavy atom. The summed E-state index contributed by atoms with van der Waals surface area (Å²) in [5.74, 6) is -2.11. The number of nitrogens with one attached hydrogen (secondary N) is 2. The molecule has 0 radical (unpaired) electrons. The number of amides is 2. The molecule has 3 rings (SSSR count).